The van der Waals surface area contributed by atoms with Crippen LogP contribution >= 0.6 is 11.8 Å². The number of aromatic nitrogens is 2. The van der Waals surface area contributed by atoms with E-state index in [4.69, 9.17) is 11.8 Å². The molecule has 0 spiro atoms. The molecule has 30 heavy (non-hydrogen) atoms. The maximum absolute atomic E-state index is 14.4. The Bertz CT molecular complexity index is 1220. The van der Waals surface area contributed by atoms with Gasteiger partial charge in [-0.1, -0.05) is 0 Å². The van der Waals surface area contributed by atoms with Gasteiger partial charge in [-0.3, -0.25) is 4.98 Å². The molecule has 0 saturated carbocycles. The van der Waals surface area contributed by atoms with Crippen LogP contribution < -0.4 is 4.84 Å². The van der Waals surface area contributed by atoms with Gasteiger partial charge in [0.2, 0.25) is 10.0 Å². The van der Waals surface area contributed by atoms with Gasteiger partial charge in [-0.2, -0.15) is 0 Å². The summed E-state index contributed by atoms with van der Waals surface area (Å²) in [6.07, 6.45) is 4.08. The number of rotatable bonds is 7. The summed E-state index contributed by atoms with van der Waals surface area (Å²) in [5.74, 6) is -0.866. The zero-order valence-corrected chi connectivity index (χ0v) is 18.2. The number of pyridine rings is 1. The zero-order valence-electron chi connectivity index (χ0n) is 16.7. The first-order valence-corrected chi connectivity index (χ1v) is 10.8. The van der Waals surface area contributed by atoms with Crippen LogP contribution in [0.4, 0.5) is 8.78 Å². The first-order chi connectivity index (χ1) is 14.2. The molecule has 0 amide bonds. The smallest absolute Gasteiger partial charge is 0.244 e. The zero-order chi connectivity index (χ0) is 22.1. The van der Waals surface area contributed by atoms with E-state index in [0.29, 0.717) is 27.7 Å². The Labute approximate surface area is 178 Å². The standard InChI is InChI=1S/C20H21ClF2N4O2S/c1-13-20(14-8-17(11-24-10-14)30(28,29)26(2)3)18-9-15(22)4-5-19(18)27(13)12-16(23)6-7-25-21/h4-6,8-11,25H,7,12H2,1-3H3/b16-6-. The number of allylic oxidation sites excluding steroid dienone is 1. The van der Waals surface area contributed by atoms with Gasteiger partial charge in [0.25, 0.3) is 0 Å². The fourth-order valence-electron chi connectivity index (χ4n) is 3.29. The van der Waals surface area contributed by atoms with Crippen molar-refractivity contribution in [2.24, 2.45) is 0 Å². The number of hydrogen-bond acceptors (Lipinski definition) is 4. The summed E-state index contributed by atoms with van der Waals surface area (Å²) in [5.41, 5.74) is 2.36. The molecule has 3 aromatic rings. The highest BCUT2D eigenvalue weighted by Gasteiger charge is 2.21. The first kappa shape index (κ1) is 22.4. The number of halogens is 3. The molecule has 0 unspecified atom stereocenters. The highest BCUT2D eigenvalue weighted by atomic mass is 35.5. The molecular weight excluding hydrogens is 434 g/mol. The van der Waals surface area contributed by atoms with E-state index in [-0.39, 0.29) is 18.0 Å². The van der Waals surface area contributed by atoms with E-state index in [1.165, 1.54) is 50.8 Å². The van der Waals surface area contributed by atoms with Crippen LogP contribution in [0, 0.1) is 12.7 Å². The molecule has 6 nitrogen and oxygen atoms in total. The van der Waals surface area contributed by atoms with Crippen LogP contribution in [-0.4, -0.2) is 42.9 Å². The predicted octanol–water partition coefficient (Wildman–Crippen LogP) is 4.00. The van der Waals surface area contributed by atoms with E-state index in [1.54, 1.807) is 17.6 Å². The van der Waals surface area contributed by atoms with Crippen molar-refractivity contribution in [2.45, 2.75) is 18.4 Å². The second-order valence-corrected chi connectivity index (χ2v) is 9.31. The lowest BCUT2D eigenvalue weighted by Crippen LogP contribution is -2.22. The van der Waals surface area contributed by atoms with Crippen LogP contribution in [0.1, 0.15) is 5.69 Å². The summed E-state index contributed by atoms with van der Waals surface area (Å²) in [7, 11) is -0.843. The quantitative estimate of drug-likeness (QED) is 0.548. The predicted molar refractivity (Wildman–Crippen MR) is 114 cm³/mol. The van der Waals surface area contributed by atoms with Crippen molar-refractivity contribution in [1.29, 1.82) is 0 Å². The molecule has 10 heteroatoms. The van der Waals surface area contributed by atoms with Crippen LogP contribution in [0.5, 0.6) is 0 Å². The Kier molecular flexibility index (Phi) is 6.56. The average molecular weight is 455 g/mol. The fourth-order valence-corrected chi connectivity index (χ4v) is 4.26. The maximum Gasteiger partial charge on any atom is 0.244 e. The summed E-state index contributed by atoms with van der Waals surface area (Å²) in [6.45, 7) is 1.85. The van der Waals surface area contributed by atoms with Crippen molar-refractivity contribution in [3.63, 3.8) is 0 Å². The van der Waals surface area contributed by atoms with E-state index >= 15 is 0 Å². The average Bonchev–Trinajstić information content (AvgIpc) is 2.97. The van der Waals surface area contributed by atoms with Crippen molar-refractivity contribution < 1.29 is 17.2 Å². The molecule has 0 radical (unpaired) electrons. The molecule has 1 aromatic carbocycles. The molecule has 0 atom stereocenters. The van der Waals surface area contributed by atoms with Crippen LogP contribution in [0.25, 0.3) is 22.0 Å². The topological polar surface area (TPSA) is 67.2 Å². The largest absolute Gasteiger partial charge is 0.337 e. The molecule has 0 aliphatic heterocycles. The Hall–Kier alpha value is -2.33. The van der Waals surface area contributed by atoms with Gasteiger partial charge in [-0.05, 0) is 49.0 Å². The molecule has 0 fully saturated rings. The number of nitrogens with one attached hydrogen (secondary N) is 1. The highest BCUT2D eigenvalue weighted by Crippen LogP contribution is 2.36. The summed E-state index contributed by atoms with van der Waals surface area (Å²) < 4.78 is 56.2. The normalized spacial score (nSPS) is 12.8. The summed E-state index contributed by atoms with van der Waals surface area (Å²) in [4.78, 5) is 6.42. The molecule has 1 N–H and O–H groups in total. The van der Waals surface area contributed by atoms with Gasteiger partial charge in [-0.25, -0.2) is 26.3 Å². The van der Waals surface area contributed by atoms with Gasteiger partial charge in [0.05, 0.1) is 6.54 Å². The Balaban J connectivity index is 2.22. The molecule has 0 bridgehead atoms. The third kappa shape index (κ3) is 4.24. The molecule has 2 heterocycles. The SMILES string of the molecule is Cc1c(-c2cncc(S(=O)(=O)N(C)C)c2)c2cc(F)ccc2n1C/C(F)=C/CNCl. The van der Waals surface area contributed by atoms with Gasteiger partial charge < -0.3 is 4.57 Å². The number of fused-ring (bicyclic) bond motifs is 1. The summed E-state index contributed by atoms with van der Waals surface area (Å²) >= 11 is 5.38. The Morgan fingerprint density at radius 3 is 2.70 bits per heavy atom. The lowest BCUT2D eigenvalue weighted by Gasteiger charge is -2.12. The van der Waals surface area contributed by atoms with Gasteiger partial charge in [0.15, 0.2) is 0 Å². The molecule has 160 valence electrons. The van der Waals surface area contributed by atoms with Crippen molar-refractivity contribution >= 4 is 32.7 Å². The first-order valence-electron chi connectivity index (χ1n) is 9.01. The minimum Gasteiger partial charge on any atom is -0.337 e. The second-order valence-electron chi connectivity index (χ2n) is 6.89. The third-order valence-electron chi connectivity index (χ3n) is 4.78. The van der Waals surface area contributed by atoms with Crippen molar-refractivity contribution in [1.82, 2.24) is 18.7 Å². The van der Waals surface area contributed by atoms with Crippen LogP contribution in [0.2, 0.25) is 0 Å². The molecule has 0 aliphatic carbocycles. The number of benzene rings is 1. The van der Waals surface area contributed by atoms with E-state index in [2.05, 4.69) is 9.82 Å². The Morgan fingerprint density at radius 1 is 1.30 bits per heavy atom. The van der Waals surface area contributed by atoms with Gasteiger partial charge in [-0.15, -0.1) is 0 Å². The van der Waals surface area contributed by atoms with Crippen molar-refractivity contribution in [3.8, 4) is 11.1 Å². The Morgan fingerprint density at radius 2 is 2.03 bits per heavy atom. The fraction of sp³-hybridized carbons (Fsp3) is 0.250. The summed E-state index contributed by atoms with van der Waals surface area (Å²) in [6, 6.07) is 5.71. The molecular formula is C20H21ClF2N4O2S. The third-order valence-corrected chi connectivity index (χ3v) is 6.71. The number of sulfonamides is 1. The molecule has 0 saturated heterocycles. The number of hydrogen-bond donors (Lipinski definition) is 1. The van der Waals surface area contributed by atoms with Crippen molar-refractivity contribution in [2.75, 3.05) is 20.6 Å². The van der Waals surface area contributed by atoms with Crippen molar-refractivity contribution in [3.05, 3.63) is 60.1 Å². The van der Waals surface area contributed by atoms with Crippen LogP contribution in [0.3, 0.4) is 0 Å². The van der Waals surface area contributed by atoms with E-state index in [0.717, 1.165) is 4.31 Å². The van der Waals surface area contributed by atoms with E-state index in [1.807, 2.05) is 0 Å². The number of nitrogens with zero attached hydrogens (tertiary/aromatic N) is 3. The highest BCUT2D eigenvalue weighted by molar-refractivity contribution is 7.89. The molecule has 0 aliphatic rings. The maximum atomic E-state index is 14.4. The monoisotopic (exact) mass is 454 g/mol. The summed E-state index contributed by atoms with van der Waals surface area (Å²) in [5, 5.41) is 0.539. The van der Waals surface area contributed by atoms with Crippen LogP contribution in [-0.2, 0) is 16.6 Å². The van der Waals surface area contributed by atoms with Gasteiger partial charge in [0, 0.05) is 60.8 Å². The minimum absolute atomic E-state index is 0.0148. The van der Waals surface area contributed by atoms with E-state index < -0.39 is 21.7 Å². The molecule has 2 aromatic heterocycles. The lowest BCUT2D eigenvalue weighted by molar-refractivity contribution is 0.520. The van der Waals surface area contributed by atoms with Gasteiger partial charge >= 0.3 is 0 Å². The second kappa shape index (κ2) is 8.81. The van der Waals surface area contributed by atoms with E-state index in [9.17, 15) is 17.2 Å². The minimum atomic E-state index is -3.70. The van der Waals surface area contributed by atoms with Crippen LogP contribution in [0.15, 0.2) is 53.5 Å². The lowest BCUT2D eigenvalue weighted by atomic mass is 10.0. The molecule has 3 rings (SSSR count). The van der Waals surface area contributed by atoms with Gasteiger partial charge in [0.1, 0.15) is 16.5 Å².